The fourth-order valence-corrected chi connectivity index (χ4v) is 5.19. The molecule has 7 heteroatoms. The van der Waals surface area contributed by atoms with Crippen LogP contribution in [0.25, 0.3) is 10.6 Å². The SMILES string of the molecule is Cc1ccc(CN2C(=O)c3cc(-c4cccs4)nn3C[C@]2(C)C(=O)NCc2cccc(C)c2)cc1. The molecule has 35 heavy (non-hydrogen) atoms. The van der Waals surface area contributed by atoms with Crippen LogP contribution in [0.4, 0.5) is 0 Å². The minimum absolute atomic E-state index is 0.194. The summed E-state index contributed by atoms with van der Waals surface area (Å²) in [6, 6.07) is 21.9. The van der Waals surface area contributed by atoms with Crippen molar-refractivity contribution in [1.82, 2.24) is 20.0 Å². The summed E-state index contributed by atoms with van der Waals surface area (Å²) in [5, 5.41) is 9.77. The van der Waals surface area contributed by atoms with Gasteiger partial charge in [0.2, 0.25) is 5.91 Å². The van der Waals surface area contributed by atoms with Gasteiger partial charge in [-0.25, -0.2) is 0 Å². The van der Waals surface area contributed by atoms with E-state index in [2.05, 4.69) is 11.4 Å². The summed E-state index contributed by atoms with van der Waals surface area (Å²) >= 11 is 1.58. The van der Waals surface area contributed by atoms with Crippen LogP contribution in [0, 0.1) is 13.8 Å². The Kier molecular flexibility index (Phi) is 6.03. The number of carbonyl (C=O) groups is 2. The third-order valence-electron chi connectivity index (χ3n) is 6.56. The number of aromatic nitrogens is 2. The summed E-state index contributed by atoms with van der Waals surface area (Å²) in [7, 11) is 0. The number of nitrogens with one attached hydrogen (secondary N) is 1. The third-order valence-corrected chi connectivity index (χ3v) is 7.45. The summed E-state index contributed by atoms with van der Waals surface area (Å²) in [4.78, 5) is 30.2. The van der Waals surface area contributed by atoms with Crippen LogP contribution in [0.15, 0.2) is 72.1 Å². The van der Waals surface area contributed by atoms with E-state index in [9.17, 15) is 9.59 Å². The molecule has 1 atom stereocenters. The summed E-state index contributed by atoms with van der Waals surface area (Å²) < 4.78 is 1.69. The highest BCUT2D eigenvalue weighted by Crippen LogP contribution is 2.32. The van der Waals surface area contributed by atoms with Crippen molar-refractivity contribution in [2.75, 3.05) is 0 Å². The quantitative estimate of drug-likeness (QED) is 0.421. The number of aryl methyl sites for hydroxylation is 2. The van der Waals surface area contributed by atoms with Crippen molar-refractivity contribution in [3.63, 3.8) is 0 Å². The fourth-order valence-electron chi connectivity index (χ4n) is 4.51. The average molecular weight is 485 g/mol. The van der Waals surface area contributed by atoms with Crippen LogP contribution in [0.3, 0.4) is 0 Å². The van der Waals surface area contributed by atoms with Gasteiger partial charge in [-0.2, -0.15) is 5.10 Å². The van der Waals surface area contributed by atoms with E-state index in [1.54, 1.807) is 20.9 Å². The van der Waals surface area contributed by atoms with Crippen LogP contribution in [0.1, 0.15) is 39.7 Å². The highest BCUT2D eigenvalue weighted by atomic mass is 32.1. The molecule has 178 valence electrons. The number of benzene rings is 2. The van der Waals surface area contributed by atoms with Crippen molar-refractivity contribution in [2.45, 2.75) is 45.9 Å². The lowest BCUT2D eigenvalue weighted by Crippen LogP contribution is -2.63. The van der Waals surface area contributed by atoms with Gasteiger partial charge in [0.15, 0.2) is 0 Å². The van der Waals surface area contributed by atoms with E-state index >= 15 is 0 Å². The fraction of sp³-hybridized carbons (Fsp3) is 0.250. The monoisotopic (exact) mass is 484 g/mol. The molecule has 0 unspecified atom stereocenters. The Bertz CT molecular complexity index is 1370. The van der Waals surface area contributed by atoms with E-state index in [1.807, 2.05) is 86.8 Å². The molecule has 0 spiro atoms. The summed E-state index contributed by atoms with van der Waals surface area (Å²) in [5.41, 5.74) is 4.45. The number of thiophene rings is 1. The van der Waals surface area contributed by atoms with Crippen molar-refractivity contribution in [1.29, 1.82) is 0 Å². The van der Waals surface area contributed by atoms with Crippen LogP contribution in [0.2, 0.25) is 0 Å². The second-order valence-electron chi connectivity index (χ2n) is 9.37. The van der Waals surface area contributed by atoms with Gasteiger partial charge in [-0.05, 0) is 49.4 Å². The largest absolute Gasteiger partial charge is 0.350 e. The van der Waals surface area contributed by atoms with Gasteiger partial charge in [-0.15, -0.1) is 11.3 Å². The molecule has 2 aromatic carbocycles. The van der Waals surface area contributed by atoms with E-state index in [0.29, 0.717) is 18.8 Å². The number of fused-ring (bicyclic) bond motifs is 1. The zero-order chi connectivity index (χ0) is 24.6. The Hall–Kier alpha value is -3.71. The molecule has 4 aromatic rings. The average Bonchev–Trinajstić information content (AvgIpc) is 3.51. The van der Waals surface area contributed by atoms with E-state index < -0.39 is 5.54 Å². The second-order valence-corrected chi connectivity index (χ2v) is 10.3. The van der Waals surface area contributed by atoms with Gasteiger partial charge >= 0.3 is 0 Å². The predicted octanol–water partition coefficient (Wildman–Crippen LogP) is 4.96. The number of hydrogen-bond acceptors (Lipinski definition) is 4. The Morgan fingerprint density at radius 2 is 1.83 bits per heavy atom. The van der Waals surface area contributed by atoms with Gasteiger partial charge in [0.25, 0.3) is 5.91 Å². The van der Waals surface area contributed by atoms with Gasteiger partial charge in [-0.1, -0.05) is 65.7 Å². The molecule has 0 aliphatic carbocycles. The minimum atomic E-state index is -1.10. The Labute approximate surface area is 209 Å². The topological polar surface area (TPSA) is 67.2 Å². The Morgan fingerprint density at radius 1 is 1.03 bits per heavy atom. The van der Waals surface area contributed by atoms with E-state index in [4.69, 9.17) is 5.10 Å². The maximum atomic E-state index is 13.8. The van der Waals surface area contributed by atoms with Crippen LogP contribution < -0.4 is 5.32 Å². The number of hydrogen-bond donors (Lipinski definition) is 1. The summed E-state index contributed by atoms with van der Waals surface area (Å²) in [6.07, 6.45) is 0. The number of rotatable bonds is 6. The highest BCUT2D eigenvalue weighted by molar-refractivity contribution is 7.13. The standard InChI is InChI=1S/C28H28N4O2S/c1-19-9-11-21(12-10-19)17-31-26(33)24-15-23(25-8-5-13-35-25)30-32(24)18-28(31,3)27(34)29-16-22-7-4-6-20(2)14-22/h4-15H,16-18H2,1-3H3,(H,29,34)/t28-/m1/s1. The van der Waals surface area contributed by atoms with Gasteiger partial charge in [0.1, 0.15) is 16.9 Å². The first-order valence-corrected chi connectivity index (χ1v) is 12.5. The van der Waals surface area contributed by atoms with Gasteiger partial charge < -0.3 is 10.2 Å². The maximum absolute atomic E-state index is 13.8. The van der Waals surface area contributed by atoms with Gasteiger partial charge in [-0.3, -0.25) is 14.3 Å². The number of carbonyl (C=O) groups excluding carboxylic acids is 2. The van der Waals surface area contributed by atoms with Crippen molar-refractivity contribution in [2.24, 2.45) is 0 Å². The van der Waals surface area contributed by atoms with Gasteiger partial charge in [0, 0.05) is 13.1 Å². The zero-order valence-corrected chi connectivity index (χ0v) is 20.9. The third kappa shape index (κ3) is 4.51. The minimum Gasteiger partial charge on any atom is -0.350 e. The maximum Gasteiger partial charge on any atom is 0.273 e. The molecule has 0 saturated heterocycles. The van der Waals surface area contributed by atoms with E-state index in [-0.39, 0.29) is 18.4 Å². The molecule has 2 aromatic heterocycles. The summed E-state index contributed by atoms with van der Waals surface area (Å²) in [6.45, 7) is 6.91. The van der Waals surface area contributed by atoms with Crippen LogP contribution >= 0.6 is 11.3 Å². The predicted molar refractivity (Wildman–Crippen MR) is 138 cm³/mol. The lowest BCUT2D eigenvalue weighted by atomic mass is 9.94. The normalized spacial score (nSPS) is 17.3. The van der Waals surface area contributed by atoms with Crippen LogP contribution in [0.5, 0.6) is 0 Å². The van der Waals surface area contributed by atoms with Crippen molar-refractivity contribution in [3.8, 4) is 10.6 Å². The molecular formula is C28H28N4O2S. The first-order chi connectivity index (χ1) is 16.8. The highest BCUT2D eigenvalue weighted by Gasteiger charge is 2.48. The Morgan fingerprint density at radius 3 is 2.54 bits per heavy atom. The first kappa shape index (κ1) is 23.1. The molecule has 1 aliphatic heterocycles. The summed E-state index contributed by atoms with van der Waals surface area (Å²) in [5.74, 6) is -0.390. The smallest absolute Gasteiger partial charge is 0.273 e. The first-order valence-electron chi connectivity index (χ1n) is 11.7. The molecule has 5 rings (SSSR count). The second kappa shape index (κ2) is 9.15. The van der Waals surface area contributed by atoms with Crippen LogP contribution in [-0.4, -0.2) is 32.0 Å². The number of amides is 2. The molecule has 1 aliphatic rings. The lowest BCUT2D eigenvalue weighted by molar-refractivity contribution is -0.133. The zero-order valence-electron chi connectivity index (χ0n) is 20.1. The van der Waals surface area contributed by atoms with E-state index in [1.165, 1.54) is 0 Å². The van der Waals surface area contributed by atoms with Crippen molar-refractivity contribution < 1.29 is 9.59 Å². The molecule has 0 saturated carbocycles. The van der Waals surface area contributed by atoms with E-state index in [0.717, 1.165) is 32.8 Å². The molecule has 0 fully saturated rings. The Balaban J connectivity index is 1.48. The molecule has 6 nitrogen and oxygen atoms in total. The van der Waals surface area contributed by atoms with Gasteiger partial charge in [0.05, 0.1) is 11.4 Å². The molecule has 0 radical (unpaired) electrons. The van der Waals surface area contributed by atoms with Crippen molar-refractivity contribution in [3.05, 3.63) is 100 Å². The molecular weight excluding hydrogens is 456 g/mol. The molecule has 3 heterocycles. The van der Waals surface area contributed by atoms with Crippen molar-refractivity contribution >= 4 is 23.2 Å². The molecule has 0 bridgehead atoms. The van der Waals surface area contributed by atoms with Crippen LogP contribution in [-0.2, 0) is 24.4 Å². The molecule has 2 amide bonds. The lowest BCUT2D eigenvalue weighted by Gasteiger charge is -2.43. The molecule has 1 N–H and O–H groups in total. The number of nitrogens with zero attached hydrogens (tertiary/aromatic N) is 3.